The molecule has 1 aliphatic heterocycles. The number of benzene rings is 3. The fourth-order valence-electron chi connectivity index (χ4n) is 5.23. The molecule has 3 aromatic carbocycles. The monoisotopic (exact) mass is 500 g/mol. The van der Waals surface area contributed by atoms with E-state index in [1.807, 2.05) is 60.7 Å². The van der Waals surface area contributed by atoms with Gasteiger partial charge in [0.15, 0.2) is 5.78 Å². The third-order valence-electron chi connectivity index (χ3n) is 6.87. The molecule has 2 aliphatic rings. The van der Waals surface area contributed by atoms with Crippen molar-refractivity contribution in [1.29, 1.82) is 0 Å². The Bertz CT molecular complexity index is 1340. The molecule has 0 saturated heterocycles. The second-order valence-corrected chi connectivity index (χ2v) is 10.7. The number of Topliss-reactive ketones (excluding diaryl/α,β-unsaturated/α-hetero) is 1. The van der Waals surface area contributed by atoms with Crippen LogP contribution in [0.1, 0.15) is 43.9 Å². The number of carbonyl (C=O) groups excluding carboxylic acids is 2. The highest BCUT2D eigenvalue weighted by atomic mass is 35.5. The van der Waals surface area contributed by atoms with Crippen LogP contribution >= 0.6 is 11.6 Å². The molecule has 0 saturated carbocycles. The second-order valence-electron chi connectivity index (χ2n) is 10.2. The number of methoxy groups -OCH3 is 1. The lowest BCUT2D eigenvalue weighted by Crippen LogP contribution is -2.40. The summed E-state index contributed by atoms with van der Waals surface area (Å²) in [6.45, 7) is 4.22. The van der Waals surface area contributed by atoms with Gasteiger partial charge in [-0.25, -0.2) is 0 Å². The van der Waals surface area contributed by atoms with Crippen LogP contribution in [-0.2, 0) is 16.0 Å². The van der Waals surface area contributed by atoms with Gasteiger partial charge in [-0.15, -0.1) is 0 Å². The van der Waals surface area contributed by atoms with E-state index in [2.05, 4.69) is 19.2 Å². The van der Waals surface area contributed by atoms with Gasteiger partial charge >= 0.3 is 0 Å². The number of anilines is 2. The normalized spacial score (nSPS) is 18.6. The predicted molar refractivity (Wildman–Crippen MR) is 143 cm³/mol. The summed E-state index contributed by atoms with van der Waals surface area (Å²) in [5, 5.41) is 4.17. The Morgan fingerprint density at radius 3 is 2.42 bits per heavy atom. The fraction of sp³-hybridized carbons (Fsp3) is 0.267. The maximum Gasteiger partial charge on any atom is 0.232 e. The maximum absolute atomic E-state index is 14.1. The third kappa shape index (κ3) is 4.63. The average Bonchev–Trinajstić information content (AvgIpc) is 2.99. The van der Waals surface area contributed by atoms with E-state index in [0.29, 0.717) is 23.4 Å². The molecule has 1 N–H and O–H groups in total. The lowest BCUT2D eigenvalue weighted by molar-refractivity contribution is -0.119. The fourth-order valence-corrected chi connectivity index (χ4v) is 5.35. The van der Waals surface area contributed by atoms with Crippen molar-refractivity contribution in [2.75, 3.05) is 17.3 Å². The zero-order valence-corrected chi connectivity index (χ0v) is 21.4. The van der Waals surface area contributed by atoms with Gasteiger partial charge in [0.1, 0.15) is 5.75 Å². The van der Waals surface area contributed by atoms with Gasteiger partial charge in [0.25, 0.3) is 0 Å². The molecule has 0 unspecified atom stereocenters. The van der Waals surface area contributed by atoms with Crippen LogP contribution in [0, 0.1) is 5.41 Å². The van der Waals surface area contributed by atoms with Crippen molar-refractivity contribution in [3.05, 3.63) is 100 Å². The van der Waals surface area contributed by atoms with Crippen LogP contribution < -0.4 is 15.0 Å². The van der Waals surface area contributed by atoms with Gasteiger partial charge in [-0.1, -0.05) is 61.8 Å². The molecule has 1 amide bonds. The van der Waals surface area contributed by atoms with E-state index in [0.717, 1.165) is 33.9 Å². The molecule has 0 radical (unpaired) electrons. The first-order valence-electron chi connectivity index (χ1n) is 12.1. The molecule has 36 heavy (non-hydrogen) atoms. The number of para-hydroxylation sites is 2. The first-order chi connectivity index (χ1) is 17.3. The van der Waals surface area contributed by atoms with Gasteiger partial charge in [0.2, 0.25) is 5.91 Å². The third-order valence-corrected chi connectivity index (χ3v) is 7.12. The number of hydrogen-bond donors (Lipinski definition) is 1. The lowest BCUT2D eigenvalue weighted by atomic mass is 9.73. The number of rotatable bonds is 4. The molecular formula is C30H29ClN2O3. The molecule has 1 heterocycles. The van der Waals surface area contributed by atoms with Crippen LogP contribution in [0.3, 0.4) is 0 Å². The molecule has 0 fully saturated rings. The van der Waals surface area contributed by atoms with Gasteiger partial charge in [-0.2, -0.15) is 0 Å². The number of ether oxygens (including phenoxy) is 1. The molecule has 0 aromatic heterocycles. The summed E-state index contributed by atoms with van der Waals surface area (Å²) in [6.07, 6.45) is 1.32. The van der Waals surface area contributed by atoms with Crippen molar-refractivity contribution in [1.82, 2.24) is 0 Å². The van der Waals surface area contributed by atoms with E-state index < -0.39 is 6.04 Å². The predicted octanol–water partition coefficient (Wildman–Crippen LogP) is 6.73. The number of hydrogen-bond acceptors (Lipinski definition) is 4. The van der Waals surface area contributed by atoms with Crippen LogP contribution in [0.15, 0.2) is 84.1 Å². The highest BCUT2D eigenvalue weighted by Crippen LogP contribution is 2.48. The van der Waals surface area contributed by atoms with Crippen LogP contribution in [0.2, 0.25) is 5.02 Å². The standard InChI is InChI=1S/C30H29ClN2O3/c1-30(2)17-24-28(26(34)18-30)29(20-10-14-22(36-3)15-11-20)33(25-7-5-4-6-23(25)32-24)27(35)16-19-8-12-21(31)13-9-19/h4-15,29,32H,16-18H2,1-3H3/t29-/m1/s1. The van der Waals surface area contributed by atoms with E-state index >= 15 is 0 Å². The van der Waals surface area contributed by atoms with Gasteiger partial charge in [0.05, 0.1) is 30.9 Å². The zero-order chi connectivity index (χ0) is 25.4. The van der Waals surface area contributed by atoms with Gasteiger partial charge in [-0.3, -0.25) is 14.5 Å². The largest absolute Gasteiger partial charge is 0.497 e. The average molecular weight is 501 g/mol. The zero-order valence-electron chi connectivity index (χ0n) is 20.7. The van der Waals surface area contributed by atoms with Gasteiger partial charge < -0.3 is 10.1 Å². The first-order valence-corrected chi connectivity index (χ1v) is 12.5. The number of nitrogens with zero attached hydrogens (tertiary/aromatic N) is 1. The molecule has 184 valence electrons. The Morgan fingerprint density at radius 2 is 1.72 bits per heavy atom. The van der Waals surface area contributed by atoms with Crippen molar-refractivity contribution in [2.45, 2.75) is 39.2 Å². The highest BCUT2D eigenvalue weighted by molar-refractivity contribution is 6.30. The molecule has 5 rings (SSSR count). The molecule has 1 aliphatic carbocycles. The van der Waals surface area contributed by atoms with E-state index in [1.54, 1.807) is 24.1 Å². The molecule has 1 atom stereocenters. The SMILES string of the molecule is COc1ccc([C@@H]2C3=C(CC(C)(C)CC3=O)Nc3ccccc3N2C(=O)Cc2ccc(Cl)cc2)cc1. The Morgan fingerprint density at radius 1 is 1.03 bits per heavy atom. The minimum atomic E-state index is -0.564. The Balaban J connectivity index is 1.70. The Kier molecular flexibility index (Phi) is 6.35. The Labute approximate surface area is 216 Å². The number of carbonyl (C=O) groups is 2. The smallest absolute Gasteiger partial charge is 0.232 e. The summed E-state index contributed by atoms with van der Waals surface area (Å²) in [6, 6.07) is 22.1. The Hall–Kier alpha value is -3.57. The van der Waals surface area contributed by atoms with Gasteiger partial charge in [-0.05, 0) is 59.4 Å². The van der Waals surface area contributed by atoms with Crippen molar-refractivity contribution < 1.29 is 14.3 Å². The maximum atomic E-state index is 14.1. The van der Waals surface area contributed by atoms with Crippen molar-refractivity contribution in [3.8, 4) is 5.75 Å². The molecule has 3 aromatic rings. The van der Waals surface area contributed by atoms with Crippen LogP contribution in [0.4, 0.5) is 11.4 Å². The summed E-state index contributed by atoms with van der Waals surface area (Å²) < 4.78 is 5.37. The molecule has 0 spiro atoms. The van der Waals surface area contributed by atoms with Crippen molar-refractivity contribution in [3.63, 3.8) is 0 Å². The van der Waals surface area contributed by atoms with Crippen molar-refractivity contribution >= 4 is 34.7 Å². The van der Waals surface area contributed by atoms with Gasteiger partial charge in [0, 0.05) is 22.7 Å². The minimum absolute atomic E-state index is 0.0617. The van der Waals surface area contributed by atoms with Crippen LogP contribution in [-0.4, -0.2) is 18.8 Å². The van der Waals surface area contributed by atoms with E-state index in [9.17, 15) is 9.59 Å². The van der Waals surface area contributed by atoms with Crippen LogP contribution in [0.25, 0.3) is 0 Å². The second kappa shape index (κ2) is 9.47. The molecule has 5 nitrogen and oxygen atoms in total. The van der Waals surface area contributed by atoms with E-state index in [-0.39, 0.29) is 23.5 Å². The van der Waals surface area contributed by atoms with E-state index in [4.69, 9.17) is 16.3 Å². The topological polar surface area (TPSA) is 58.6 Å². The minimum Gasteiger partial charge on any atom is -0.497 e. The summed E-state index contributed by atoms with van der Waals surface area (Å²) in [4.78, 5) is 29.6. The van der Waals surface area contributed by atoms with E-state index in [1.165, 1.54) is 0 Å². The summed E-state index contributed by atoms with van der Waals surface area (Å²) >= 11 is 6.07. The summed E-state index contributed by atoms with van der Waals surface area (Å²) in [5.41, 5.74) is 4.64. The summed E-state index contributed by atoms with van der Waals surface area (Å²) in [5.74, 6) is 0.681. The quantitative estimate of drug-likeness (QED) is 0.431. The number of ketones is 1. The first kappa shape index (κ1) is 24.1. The lowest BCUT2D eigenvalue weighted by Gasteiger charge is -2.37. The van der Waals surface area contributed by atoms with Crippen LogP contribution in [0.5, 0.6) is 5.75 Å². The number of halogens is 1. The summed E-state index contributed by atoms with van der Waals surface area (Å²) in [7, 11) is 1.62. The number of allylic oxidation sites excluding steroid dienone is 1. The molecule has 0 bridgehead atoms. The number of amides is 1. The van der Waals surface area contributed by atoms with Crippen molar-refractivity contribution in [2.24, 2.45) is 5.41 Å². The number of nitrogens with one attached hydrogen (secondary N) is 1. The molecular weight excluding hydrogens is 472 g/mol. The highest BCUT2D eigenvalue weighted by Gasteiger charge is 2.43. The molecule has 6 heteroatoms. The number of fused-ring (bicyclic) bond motifs is 1.